The fourth-order valence-corrected chi connectivity index (χ4v) is 4.02. The number of hydrogen-bond donors (Lipinski definition) is 0. The maximum absolute atomic E-state index is 11.7. The minimum absolute atomic E-state index is 0.387. The Bertz CT molecular complexity index is 216. The van der Waals surface area contributed by atoms with Crippen LogP contribution in [0.5, 0.6) is 0 Å². The molecule has 0 radical (unpaired) electrons. The SMILES string of the molecule is CCC1CCCS1(=O)=NC. The Labute approximate surface area is 63.2 Å². The highest BCUT2D eigenvalue weighted by molar-refractivity contribution is 7.94. The molecule has 1 heterocycles. The fourth-order valence-electron chi connectivity index (χ4n) is 1.57. The number of rotatable bonds is 1. The summed E-state index contributed by atoms with van der Waals surface area (Å²) in [6.45, 7) is 2.10. The molecule has 1 saturated heterocycles. The highest BCUT2D eigenvalue weighted by Gasteiger charge is 2.26. The highest BCUT2D eigenvalue weighted by atomic mass is 32.2. The van der Waals surface area contributed by atoms with E-state index in [1.165, 1.54) is 0 Å². The van der Waals surface area contributed by atoms with Crippen LogP contribution in [-0.4, -0.2) is 22.3 Å². The van der Waals surface area contributed by atoms with E-state index in [1.807, 2.05) is 0 Å². The van der Waals surface area contributed by atoms with Gasteiger partial charge >= 0.3 is 0 Å². The highest BCUT2D eigenvalue weighted by Crippen LogP contribution is 2.24. The third-order valence-corrected chi connectivity index (χ3v) is 5.35. The van der Waals surface area contributed by atoms with E-state index in [-0.39, 0.29) is 0 Å². The quantitative estimate of drug-likeness (QED) is 0.575. The van der Waals surface area contributed by atoms with Crippen molar-refractivity contribution >= 4 is 9.73 Å². The molecule has 1 rings (SSSR count). The van der Waals surface area contributed by atoms with E-state index in [1.54, 1.807) is 7.05 Å². The number of hydrogen-bond acceptors (Lipinski definition) is 2. The smallest absolute Gasteiger partial charge is 0.0493 e. The first-order valence-corrected chi connectivity index (χ1v) is 5.59. The molecule has 60 valence electrons. The van der Waals surface area contributed by atoms with E-state index in [0.717, 1.165) is 25.0 Å². The van der Waals surface area contributed by atoms with Gasteiger partial charge in [0.05, 0.1) is 0 Å². The fraction of sp³-hybridized carbons (Fsp3) is 1.00. The second-order valence-corrected chi connectivity index (χ2v) is 5.57. The first kappa shape index (κ1) is 8.05. The van der Waals surface area contributed by atoms with E-state index in [0.29, 0.717) is 5.25 Å². The molecule has 2 unspecified atom stereocenters. The molecule has 0 aromatic heterocycles. The van der Waals surface area contributed by atoms with Crippen LogP contribution in [0.2, 0.25) is 0 Å². The summed E-state index contributed by atoms with van der Waals surface area (Å²) < 4.78 is 15.7. The van der Waals surface area contributed by atoms with Gasteiger partial charge in [-0.1, -0.05) is 6.92 Å². The molecule has 2 nitrogen and oxygen atoms in total. The van der Waals surface area contributed by atoms with Crippen molar-refractivity contribution in [1.29, 1.82) is 0 Å². The van der Waals surface area contributed by atoms with Crippen LogP contribution in [0.1, 0.15) is 26.2 Å². The average Bonchev–Trinajstić information content (AvgIpc) is 2.32. The minimum Gasteiger partial charge on any atom is -0.249 e. The molecule has 0 aromatic rings. The van der Waals surface area contributed by atoms with Gasteiger partial charge in [0.2, 0.25) is 0 Å². The summed E-state index contributed by atoms with van der Waals surface area (Å²) in [5.74, 6) is 0.835. The molecule has 0 N–H and O–H groups in total. The third kappa shape index (κ3) is 1.19. The first-order chi connectivity index (χ1) is 4.73. The lowest BCUT2D eigenvalue weighted by molar-refractivity contribution is 0.663. The lowest BCUT2D eigenvalue weighted by Gasteiger charge is -2.08. The molecule has 3 heteroatoms. The van der Waals surface area contributed by atoms with Gasteiger partial charge in [-0.15, -0.1) is 0 Å². The lowest BCUT2D eigenvalue weighted by Crippen LogP contribution is -2.13. The molecular formula is C7H15NOS. The van der Waals surface area contributed by atoms with Gasteiger partial charge in [-0.25, -0.2) is 8.57 Å². The molecule has 1 aliphatic heterocycles. The van der Waals surface area contributed by atoms with E-state index >= 15 is 0 Å². The van der Waals surface area contributed by atoms with Crippen LogP contribution < -0.4 is 0 Å². The molecule has 0 bridgehead atoms. The summed E-state index contributed by atoms with van der Waals surface area (Å²) in [5, 5.41) is 0.387. The Morgan fingerprint density at radius 3 is 2.80 bits per heavy atom. The Kier molecular flexibility index (Phi) is 2.34. The average molecular weight is 161 g/mol. The Balaban J connectivity index is 2.87. The van der Waals surface area contributed by atoms with E-state index in [2.05, 4.69) is 11.3 Å². The third-order valence-electron chi connectivity index (χ3n) is 2.25. The normalized spacial score (nSPS) is 40.0. The van der Waals surface area contributed by atoms with Crippen molar-refractivity contribution in [3.63, 3.8) is 0 Å². The van der Waals surface area contributed by atoms with Crippen molar-refractivity contribution in [1.82, 2.24) is 0 Å². The van der Waals surface area contributed by atoms with Crippen LogP contribution in [-0.2, 0) is 9.73 Å². The Morgan fingerprint density at radius 1 is 1.70 bits per heavy atom. The van der Waals surface area contributed by atoms with Crippen LogP contribution in [0.15, 0.2) is 4.36 Å². The minimum atomic E-state index is -1.76. The second-order valence-electron chi connectivity index (χ2n) is 2.75. The van der Waals surface area contributed by atoms with Crippen LogP contribution in [0.4, 0.5) is 0 Å². The molecule has 0 saturated carbocycles. The summed E-state index contributed by atoms with van der Waals surface area (Å²) in [6.07, 6.45) is 3.25. The molecule has 1 fully saturated rings. The Morgan fingerprint density at radius 2 is 2.40 bits per heavy atom. The number of nitrogens with zero attached hydrogens (tertiary/aromatic N) is 1. The van der Waals surface area contributed by atoms with E-state index in [4.69, 9.17) is 0 Å². The maximum atomic E-state index is 11.7. The van der Waals surface area contributed by atoms with Gasteiger partial charge in [-0.3, -0.25) is 0 Å². The molecule has 1 aliphatic rings. The van der Waals surface area contributed by atoms with Gasteiger partial charge in [0, 0.05) is 27.8 Å². The van der Waals surface area contributed by atoms with Crippen molar-refractivity contribution in [2.75, 3.05) is 12.8 Å². The predicted octanol–water partition coefficient (Wildman–Crippen LogP) is 1.66. The van der Waals surface area contributed by atoms with Gasteiger partial charge in [0.15, 0.2) is 0 Å². The topological polar surface area (TPSA) is 29.4 Å². The van der Waals surface area contributed by atoms with Crippen molar-refractivity contribution in [2.24, 2.45) is 4.36 Å². The van der Waals surface area contributed by atoms with Gasteiger partial charge < -0.3 is 0 Å². The Hall–Kier alpha value is -0.0500. The summed E-state index contributed by atoms with van der Waals surface area (Å²) in [7, 11) is -0.0667. The lowest BCUT2D eigenvalue weighted by atomic mass is 10.2. The van der Waals surface area contributed by atoms with Crippen molar-refractivity contribution in [3.8, 4) is 0 Å². The zero-order chi connectivity index (χ0) is 7.61. The molecule has 0 spiro atoms. The molecule has 10 heavy (non-hydrogen) atoms. The van der Waals surface area contributed by atoms with Crippen molar-refractivity contribution in [2.45, 2.75) is 31.4 Å². The maximum Gasteiger partial charge on any atom is 0.0493 e. The van der Waals surface area contributed by atoms with Gasteiger partial charge in [-0.2, -0.15) is 0 Å². The van der Waals surface area contributed by atoms with E-state index in [9.17, 15) is 4.21 Å². The largest absolute Gasteiger partial charge is 0.249 e. The second kappa shape index (κ2) is 2.91. The van der Waals surface area contributed by atoms with Crippen molar-refractivity contribution < 1.29 is 4.21 Å². The summed E-state index contributed by atoms with van der Waals surface area (Å²) in [4.78, 5) is 0. The first-order valence-electron chi connectivity index (χ1n) is 3.84. The van der Waals surface area contributed by atoms with Crippen LogP contribution in [0.3, 0.4) is 0 Å². The van der Waals surface area contributed by atoms with Gasteiger partial charge in [-0.05, 0) is 19.3 Å². The molecule has 0 amide bonds. The van der Waals surface area contributed by atoms with Crippen LogP contribution >= 0.6 is 0 Å². The summed E-state index contributed by atoms with van der Waals surface area (Å²) in [6, 6.07) is 0. The van der Waals surface area contributed by atoms with E-state index < -0.39 is 9.73 Å². The molecular weight excluding hydrogens is 146 g/mol. The summed E-state index contributed by atoms with van der Waals surface area (Å²) >= 11 is 0. The van der Waals surface area contributed by atoms with Crippen molar-refractivity contribution in [3.05, 3.63) is 0 Å². The monoisotopic (exact) mass is 161 g/mol. The predicted molar refractivity (Wildman–Crippen MR) is 44.7 cm³/mol. The van der Waals surface area contributed by atoms with Crippen LogP contribution in [0, 0.1) is 0 Å². The van der Waals surface area contributed by atoms with Gasteiger partial charge in [0.25, 0.3) is 0 Å². The van der Waals surface area contributed by atoms with Gasteiger partial charge in [0.1, 0.15) is 0 Å². The van der Waals surface area contributed by atoms with Crippen LogP contribution in [0.25, 0.3) is 0 Å². The molecule has 0 aliphatic carbocycles. The standard InChI is InChI=1S/C7H15NOS/c1-3-7-5-4-6-10(7,9)8-2/h7H,3-6H2,1-2H3. The molecule has 2 atom stereocenters. The zero-order valence-corrected chi connectivity index (χ0v) is 7.49. The zero-order valence-electron chi connectivity index (χ0n) is 6.67. The molecule has 0 aromatic carbocycles. The summed E-state index contributed by atoms with van der Waals surface area (Å²) in [5.41, 5.74) is 0.